The number of sulfonamides is 1. The second kappa shape index (κ2) is 6.06. The molecule has 0 saturated carbocycles. The highest BCUT2D eigenvalue weighted by Gasteiger charge is 2.20. The zero-order chi connectivity index (χ0) is 13.0. The molecule has 1 aromatic rings. The molecule has 1 aliphatic heterocycles. The molecule has 0 amide bonds. The summed E-state index contributed by atoms with van der Waals surface area (Å²) >= 11 is 1.88. The summed E-state index contributed by atoms with van der Waals surface area (Å²) in [5, 5.41) is 0. The van der Waals surface area contributed by atoms with Gasteiger partial charge in [-0.1, -0.05) is 12.1 Å². The van der Waals surface area contributed by atoms with E-state index in [1.165, 1.54) is 0 Å². The molecule has 0 aromatic heterocycles. The van der Waals surface area contributed by atoms with Gasteiger partial charge >= 0.3 is 0 Å². The van der Waals surface area contributed by atoms with Crippen LogP contribution < -0.4 is 10.5 Å². The van der Waals surface area contributed by atoms with Gasteiger partial charge in [-0.05, 0) is 41.5 Å². The number of nitrogens with one attached hydrogen (secondary N) is 1. The van der Waals surface area contributed by atoms with Gasteiger partial charge < -0.3 is 5.73 Å². The number of rotatable bonds is 5. The Labute approximate surface area is 112 Å². The van der Waals surface area contributed by atoms with Crippen LogP contribution in [0.4, 0.5) is 0 Å². The van der Waals surface area contributed by atoms with Gasteiger partial charge in [-0.15, -0.1) is 0 Å². The molecule has 100 valence electrons. The van der Waals surface area contributed by atoms with E-state index in [-0.39, 0.29) is 0 Å². The fourth-order valence-corrected chi connectivity index (χ4v) is 4.37. The minimum atomic E-state index is -3.40. The van der Waals surface area contributed by atoms with E-state index in [9.17, 15) is 8.42 Å². The minimum Gasteiger partial charge on any atom is -0.326 e. The van der Waals surface area contributed by atoms with Crippen molar-refractivity contribution < 1.29 is 8.42 Å². The van der Waals surface area contributed by atoms with Crippen molar-refractivity contribution >= 4 is 21.8 Å². The van der Waals surface area contributed by atoms with Crippen LogP contribution in [0.1, 0.15) is 12.0 Å². The van der Waals surface area contributed by atoms with Crippen molar-refractivity contribution in [2.75, 3.05) is 18.1 Å². The number of benzene rings is 1. The summed E-state index contributed by atoms with van der Waals surface area (Å²) < 4.78 is 26.9. The number of hydrogen-bond donors (Lipinski definition) is 2. The van der Waals surface area contributed by atoms with Crippen LogP contribution in [0, 0.1) is 5.92 Å². The standard InChI is InChI=1S/C12H18N2O2S2/c13-7-10-2-1-3-12(6-10)18(15,16)14-8-11-4-5-17-9-11/h1-3,6,11,14H,4-5,7-9,13H2. The first kappa shape index (κ1) is 13.9. The average molecular weight is 286 g/mol. The third kappa shape index (κ3) is 3.47. The van der Waals surface area contributed by atoms with Gasteiger partial charge in [0.2, 0.25) is 10.0 Å². The summed E-state index contributed by atoms with van der Waals surface area (Å²) in [5.41, 5.74) is 6.35. The van der Waals surface area contributed by atoms with Gasteiger partial charge in [0.05, 0.1) is 4.90 Å². The minimum absolute atomic E-state index is 0.302. The Morgan fingerprint density at radius 3 is 2.94 bits per heavy atom. The molecular weight excluding hydrogens is 268 g/mol. The molecule has 2 rings (SSSR count). The molecule has 0 bridgehead atoms. The van der Waals surface area contributed by atoms with Crippen LogP contribution in [0.25, 0.3) is 0 Å². The van der Waals surface area contributed by atoms with Crippen LogP contribution in [0.3, 0.4) is 0 Å². The molecule has 6 heteroatoms. The summed E-state index contributed by atoms with van der Waals surface area (Å²) in [4.78, 5) is 0.302. The van der Waals surface area contributed by atoms with Gasteiger partial charge in [0.1, 0.15) is 0 Å². The predicted octanol–water partition coefficient (Wildman–Crippen LogP) is 1.18. The maximum atomic E-state index is 12.1. The third-order valence-corrected chi connectivity index (χ3v) is 5.68. The molecule has 1 saturated heterocycles. The number of hydrogen-bond acceptors (Lipinski definition) is 4. The summed E-state index contributed by atoms with van der Waals surface area (Å²) in [6, 6.07) is 6.78. The highest BCUT2D eigenvalue weighted by Crippen LogP contribution is 2.23. The fraction of sp³-hybridized carbons (Fsp3) is 0.500. The normalized spacial score (nSPS) is 20.2. The molecule has 1 atom stereocenters. The summed E-state index contributed by atoms with van der Waals surface area (Å²) in [6.07, 6.45) is 1.09. The first-order valence-electron chi connectivity index (χ1n) is 5.98. The molecule has 0 aliphatic carbocycles. The van der Waals surface area contributed by atoms with Crippen molar-refractivity contribution in [1.29, 1.82) is 0 Å². The van der Waals surface area contributed by atoms with Crippen LogP contribution in [-0.2, 0) is 16.6 Å². The lowest BCUT2D eigenvalue weighted by Gasteiger charge is -2.11. The van der Waals surface area contributed by atoms with Crippen LogP contribution in [0.5, 0.6) is 0 Å². The van der Waals surface area contributed by atoms with Crippen molar-refractivity contribution in [3.63, 3.8) is 0 Å². The summed E-state index contributed by atoms with van der Waals surface area (Å²) in [6.45, 7) is 0.880. The number of thioether (sulfide) groups is 1. The first-order chi connectivity index (χ1) is 8.62. The van der Waals surface area contributed by atoms with E-state index >= 15 is 0 Å². The van der Waals surface area contributed by atoms with Crippen molar-refractivity contribution in [1.82, 2.24) is 4.72 Å². The van der Waals surface area contributed by atoms with E-state index in [0.29, 0.717) is 23.9 Å². The summed E-state index contributed by atoms with van der Waals surface area (Å²) in [5.74, 6) is 2.64. The molecule has 1 aliphatic rings. The van der Waals surface area contributed by atoms with Gasteiger partial charge in [-0.3, -0.25) is 0 Å². The molecule has 0 spiro atoms. The zero-order valence-electron chi connectivity index (χ0n) is 10.1. The Kier molecular flexibility index (Phi) is 4.66. The highest BCUT2D eigenvalue weighted by molar-refractivity contribution is 7.99. The molecule has 3 N–H and O–H groups in total. The quantitative estimate of drug-likeness (QED) is 0.852. The van der Waals surface area contributed by atoms with E-state index in [4.69, 9.17) is 5.73 Å². The Morgan fingerprint density at radius 1 is 1.44 bits per heavy atom. The maximum Gasteiger partial charge on any atom is 0.240 e. The van der Waals surface area contributed by atoms with Crippen LogP contribution in [0.15, 0.2) is 29.2 Å². The molecule has 1 fully saturated rings. The average Bonchev–Trinajstić information content (AvgIpc) is 2.90. The topological polar surface area (TPSA) is 72.2 Å². The molecule has 0 radical (unpaired) electrons. The van der Waals surface area contributed by atoms with Crippen molar-refractivity contribution in [2.24, 2.45) is 11.7 Å². The highest BCUT2D eigenvalue weighted by atomic mass is 32.2. The van der Waals surface area contributed by atoms with Crippen LogP contribution in [0.2, 0.25) is 0 Å². The van der Waals surface area contributed by atoms with Crippen molar-refractivity contribution in [3.8, 4) is 0 Å². The van der Waals surface area contributed by atoms with E-state index in [0.717, 1.165) is 23.5 Å². The predicted molar refractivity (Wildman–Crippen MR) is 75.0 cm³/mol. The lowest BCUT2D eigenvalue weighted by Crippen LogP contribution is -2.29. The monoisotopic (exact) mass is 286 g/mol. The largest absolute Gasteiger partial charge is 0.326 e. The fourth-order valence-electron chi connectivity index (χ4n) is 1.89. The van der Waals surface area contributed by atoms with Crippen molar-refractivity contribution in [3.05, 3.63) is 29.8 Å². The molecule has 1 aromatic carbocycles. The van der Waals surface area contributed by atoms with Gasteiger partial charge in [-0.25, -0.2) is 13.1 Å². The second-order valence-corrected chi connectivity index (χ2v) is 7.35. The van der Waals surface area contributed by atoms with Crippen LogP contribution >= 0.6 is 11.8 Å². The van der Waals surface area contributed by atoms with E-state index in [1.807, 2.05) is 17.8 Å². The first-order valence-corrected chi connectivity index (χ1v) is 8.62. The second-order valence-electron chi connectivity index (χ2n) is 4.43. The molecule has 1 heterocycles. The number of nitrogens with two attached hydrogens (primary N) is 1. The van der Waals surface area contributed by atoms with E-state index in [1.54, 1.807) is 18.2 Å². The molecular formula is C12H18N2O2S2. The Morgan fingerprint density at radius 2 is 2.28 bits per heavy atom. The van der Waals surface area contributed by atoms with Gasteiger partial charge in [0, 0.05) is 13.1 Å². The lowest BCUT2D eigenvalue weighted by atomic mass is 10.1. The molecule has 18 heavy (non-hydrogen) atoms. The van der Waals surface area contributed by atoms with Crippen molar-refractivity contribution in [2.45, 2.75) is 17.9 Å². The van der Waals surface area contributed by atoms with E-state index < -0.39 is 10.0 Å². The molecule has 1 unspecified atom stereocenters. The van der Waals surface area contributed by atoms with Gasteiger partial charge in [-0.2, -0.15) is 11.8 Å². The Bertz CT molecular complexity index is 497. The SMILES string of the molecule is NCc1cccc(S(=O)(=O)NCC2CCSC2)c1. The Balaban J connectivity index is 2.04. The van der Waals surface area contributed by atoms with Crippen LogP contribution in [-0.4, -0.2) is 26.5 Å². The maximum absolute atomic E-state index is 12.1. The Hall–Kier alpha value is -0.560. The van der Waals surface area contributed by atoms with Gasteiger partial charge in [0.15, 0.2) is 0 Å². The van der Waals surface area contributed by atoms with Gasteiger partial charge in [0.25, 0.3) is 0 Å². The molecule has 4 nitrogen and oxygen atoms in total. The van der Waals surface area contributed by atoms with E-state index in [2.05, 4.69) is 4.72 Å². The smallest absolute Gasteiger partial charge is 0.240 e. The zero-order valence-corrected chi connectivity index (χ0v) is 11.8. The lowest BCUT2D eigenvalue weighted by molar-refractivity contribution is 0.545. The summed E-state index contributed by atoms with van der Waals surface area (Å²) in [7, 11) is -3.40. The third-order valence-electron chi connectivity index (χ3n) is 3.03.